The standard InChI is InChI=1S/C19H11FN6S.C7H13NO2/c1-11-16(9-23-25-11)13-5-18(19-14(7-22)8-24-26(19)10-13)27-17-3-2-15(20)4-12(17)6-21;1-10-7(9)8-5-3-2-4-6-8/h2-5,8-10H,1H3,(H,23,25);2-6H2,1H3. The molecule has 0 unspecified atom stereocenters. The monoisotopic (exact) mass is 517 g/mol. The molecule has 0 bridgehead atoms. The van der Waals surface area contributed by atoms with Crippen molar-refractivity contribution >= 4 is 23.4 Å². The first-order valence-corrected chi connectivity index (χ1v) is 12.4. The number of carbonyl (C=O) groups is 1. The molecule has 4 aromatic rings. The molecule has 3 aromatic heterocycles. The van der Waals surface area contributed by atoms with E-state index in [0.29, 0.717) is 16.0 Å². The maximum absolute atomic E-state index is 13.5. The van der Waals surface area contributed by atoms with Crippen LogP contribution in [0.15, 0.2) is 52.6 Å². The lowest BCUT2D eigenvalue weighted by molar-refractivity contribution is 0.115. The second kappa shape index (κ2) is 11.6. The second-order valence-electron chi connectivity index (χ2n) is 8.34. The Morgan fingerprint density at radius 1 is 1.11 bits per heavy atom. The van der Waals surface area contributed by atoms with Crippen molar-refractivity contribution in [1.82, 2.24) is 24.7 Å². The van der Waals surface area contributed by atoms with E-state index in [2.05, 4.69) is 26.1 Å². The van der Waals surface area contributed by atoms with Gasteiger partial charge in [-0.25, -0.2) is 13.7 Å². The summed E-state index contributed by atoms with van der Waals surface area (Å²) in [6, 6.07) is 10.1. The van der Waals surface area contributed by atoms with E-state index in [1.807, 2.05) is 25.3 Å². The van der Waals surface area contributed by atoms with Gasteiger partial charge in [0.25, 0.3) is 0 Å². The summed E-state index contributed by atoms with van der Waals surface area (Å²) in [6.45, 7) is 3.65. The first-order valence-electron chi connectivity index (χ1n) is 11.6. The third kappa shape index (κ3) is 5.74. The molecule has 0 atom stereocenters. The lowest BCUT2D eigenvalue weighted by Gasteiger charge is -2.24. The van der Waals surface area contributed by atoms with Crippen LogP contribution in [0.1, 0.15) is 36.1 Å². The molecular formula is C26H24FN7O2S. The predicted molar refractivity (Wildman–Crippen MR) is 135 cm³/mol. The fraction of sp³-hybridized carbons (Fsp3) is 0.269. The number of nitrogens with zero attached hydrogens (tertiary/aromatic N) is 6. The molecule has 11 heteroatoms. The smallest absolute Gasteiger partial charge is 0.409 e. The summed E-state index contributed by atoms with van der Waals surface area (Å²) in [6.07, 6.45) is 8.35. The van der Waals surface area contributed by atoms with Crippen LogP contribution in [0.2, 0.25) is 0 Å². The highest BCUT2D eigenvalue weighted by Crippen LogP contribution is 2.37. The average molecular weight is 518 g/mol. The second-order valence-corrected chi connectivity index (χ2v) is 9.42. The Labute approximate surface area is 217 Å². The Bertz CT molecular complexity index is 1510. The Kier molecular flexibility index (Phi) is 8.06. The van der Waals surface area contributed by atoms with Crippen LogP contribution < -0.4 is 0 Å². The number of aromatic amines is 1. The van der Waals surface area contributed by atoms with Crippen molar-refractivity contribution in [3.8, 4) is 23.3 Å². The van der Waals surface area contributed by atoms with Gasteiger partial charge in [0, 0.05) is 45.9 Å². The van der Waals surface area contributed by atoms with Crippen molar-refractivity contribution in [2.24, 2.45) is 0 Å². The number of pyridine rings is 1. The number of piperidine rings is 1. The van der Waals surface area contributed by atoms with E-state index in [-0.39, 0.29) is 11.7 Å². The lowest BCUT2D eigenvalue weighted by atomic mass is 10.1. The van der Waals surface area contributed by atoms with Crippen molar-refractivity contribution in [1.29, 1.82) is 10.5 Å². The van der Waals surface area contributed by atoms with Crippen molar-refractivity contribution < 1.29 is 13.9 Å². The molecule has 1 amide bonds. The van der Waals surface area contributed by atoms with Gasteiger partial charge in [0.2, 0.25) is 0 Å². The number of nitriles is 2. The quantitative estimate of drug-likeness (QED) is 0.391. The van der Waals surface area contributed by atoms with Gasteiger partial charge in [0.15, 0.2) is 0 Å². The summed E-state index contributed by atoms with van der Waals surface area (Å²) in [5, 5.41) is 30.0. The third-order valence-electron chi connectivity index (χ3n) is 5.91. The van der Waals surface area contributed by atoms with E-state index < -0.39 is 5.82 Å². The molecule has 4 heterocycles. The van der Waals surface area contributed by atoms with Gasteiger partial charge in [-0.15, -0.1) is 0 Å². The minimum Gasteiger partial charge on any atom is -0.453 e. The van der Waals surface area contributed by atoms with Gasteiger partial charge < -0.3 is 9.64 Å². The highest BCUT2D eigenvalue weighted by atomic mass is 32.2. The van der Waals surface area contributed by atoms with Crippen LogP contribution in [0.25, 0.3) is 16.6 Å². The molecule has 9 nitrogen and oxygen atoms in total. The zero-order chi connectivity index (χ0) is 26.4. The maximum atomic E-state index is 13.5. The van der Waals surface area contributed by atoms with Gasteiger partial charge in [-0.05, 0) is 50.5 Å². The van der Waals surface area contributed by atoms with Crippen LogP contribution in [0, 0.1) is 35.4 Å². The van der Waals surface area contributed by atoms with Crippen molar-refractivity contribution in [2.45, 2.75) is 36.0 Å². The topological polar surface area (TPSA) is 123 Å². The Hall–Kier alpha value is -4.35. The van der Waals surface area contributed by atoms with Gasteiger partial charge in [-0.3, -0.25) is 5.10 Å². The van der Waals surface area contributed by atoms with Gasteiger partial charge in [0.1, 0.15) is 18.0 Å². The van der Waals surface area contributed by atoms with Crippen LogP contribution in [0.5, 0.6) is 0 Å². The highest BCUT2D eigenvalue weighted by molar-refractivity contribution is 7.99. The molecule has 1 fully saturated rings. The molecule has 0 aliphatic carbocycles. The third-order valence-corrected chi connectivity index (χ3v) is 7.02. The van der Waals surface area contributed by atoms with E-state index in [9.17, 15) is 19.7 Å². The number of ether oxygens (including phenoxy) is 1. The number of hydrogen-bond acceptors (Lipinski definition) is 7. The number of carbonyl (C=O) groups excluding carboxylic acids is 1. The molecule has 0 spiro atoms. The SMILES string of the molecule is COC(=O)N1CCCCC1.Cc1[nH]ncc1-c1cc(Sc2ccc(F)cc2C#N)c2c(C#N)cnn2c1. The average Bonchev–Trinajstić information content (AvgIpc) is 3.55. The molecule has 1 N–H and O–H groups in total. The number of likely N-dealkylation sites (tertiary alicyclic amines) is 1. The minimum atomic E-state index is -0.467. The number of aromatic nitrogens is 4. The molecule has 1 saturated heterocycles. The number of rotatable bonds is 3. The number of hydrogen-bond donors (Lipinski definition) is 1. The maximum Gasteiger partial charge on any atom is 0.409 e. The lowest BCUT2D eigenvalue weighted by Crippen LogP contribution is -2.35. The number of benzene rings is 1. The molecule has 1 aliphatic heterocycles. The van der Waals surface area contributed by atoms with E-state index in [1.165, 1.54) is 43.6 Å². The summed E-state index contributed by atoms with van der Waals surface area (Å²) in [4.78, 5) is 14.0. The van der Waals surface area contributed by atoms with Crippen LogP contribution >= 0.6 is 11.8 Å². The zero-order valence-electron chi connectivity index (χ0n) is 20.4. The molecule has 0 saturated carbocycles. The van der Waals surface area contributed by atoms with Gasteiger partial charge in [0.05, 0.1) is 36.1 Å². The van der Waals surface area contributed by atoms with Crippen LogP contribution in [0.4, 0.5) is 9.18 Å². The molecule has 1 aromatic carbocycles. The van der Waals surface area contributed by atoms with E-state index in [1.54, 1.807) is 21.7 Å². The first kappa shape index (κ1) is 25.7. The number of amides is 1. The van der Waals surface area contributed by atoms with E-state index in [0.717, 1.165) is 47.6 Å². The number of fused-ring (bicyclic) bond motifs is 1. The normalized spacial score (nSPS) is 12.8. The van der Waals surface area contributed by atoms with Crippen LogP contribution in [-0.4, -0.2) is 51.0 Å². The summed E-state index contributed by atoms with van der Waals surface area (Å²) in [7, 11) is 1.43. The zero-order valence-corrected chi connectivity index (χ0v) is 21.2. The number of methoxy groups -OCH3 is 1. The van der Waals surface area contributed by atoms with Crippen molar-refractivity contribution in [3.63, 3.8) is 0 Å². The first-order chi connectivity index (χ1) is 17.9. The summed E-state index contributed by atoms with van der Waals surface area (Å²) in [5.41, 5.74) is 3.98. The Morgan fingerprint density at radius 2 is 1.86 bits per heavy atom. The fourth-order valence-electron chi connectivity index (χ4n) is 4.04. The van der Waals surface area contributed by atoms with Crippen LogP contribution in [-0.2, 0) is 4.74 Å². The Morgan fingerprint density at radius 3 is 2.51 bits per heavy atom. The largest absolute Gasteiger partial charge is 0.453 e. The van der Waals surface area contributed by atoms with E-state index >= 15 is 0 Å². The summed E-state index contributed by atoms with van der Waals surface area (Å²) in [5.74, 6) is -0.467. The number of aryl methyl sites for hydroxylation is 1. The molecule has 37 heavy (non-hydrogen) atoms. The highest BCUT2D eigenvalue weighted by Gasteiger charge is 2.17. The molecule has 188 valence electrons. The van der Waals surface area contributed by atoms with Crippen molar-refractivity contribution in [3.05, 3.63) is 65.5 Å². The number of halogens is 1. The Balaban J connectivity index is 0.000000270. The van der Waals surface area contributed by atoms with Gasteiger partial charge in [-0.1, -0.05) is 11.8 Å². The van der Waals surface area contributed by atoms with Crippen LogP contribution in [0.3, 0.4) is 0 Å². The number of nitrogens with one attached hydrogen (secondary N) is 1. The molecule has 1 aliphatic rings. The summed E-state index contributed by atoms with van der Waals surface area (Å²) >= 11 is 1.30. The summed E-state index contributed by atoms with van der Waals surface area (Å²) < 4.78 is 19.7. The molecular weight excluding hydrogens is 493 g/mol. The predicted octanol–water partition coefficient (Wildman–Crippen LogP) is 5.31. The molecule has 5 rings (SSSR count). The van der Waals surface area contributed by atoms with Gasteiger partial charge in [-0.2, -0.15) is 20.7 Å². The van der Waals surface area contributed by atoms with Crippen molar-refractivity contribution in [2.75, 3.05) is 20.2 Å². The molecule has 0 radical (unpaired) electrons. The number of H-pyrrole nitrogens is 1. The van der Waals surface area contributed by atoms with Gasteiger partial charge >= 0.3 is 6.09 Å². The van der Waals surface area contributed by atoms with E-state index in [4.69, 9.17) is 0 Å². The fourth-order valence-corrected chi connectivity index (χ4v) is 5.11. The minimum absolute atomic E-state index is 0.181.